The van der Waals surface area contributed by atoms with E-state index in [2.05, 4.69) is 75.8 Å². The lowest BCUT2D eigenvalue weighted by Crippen LogP contribution is -2.41. The molecule has 0 amide bonds. The van der Waals surface area contributed by atoms with Gasteiger partial charge < -0.3 is 45.8 Å². The molecular weight excluding hydrogens is 889 g/mol. The van der Waals surface area contributed by atoms with E-state index < -0.39 is 29.9 Å². The van der Waals surface area contributed by atoms with Crippen molar-refractivity contribution in [3.63, 3.8) is 0 Å². The average Bonchev–Trinajstić information content (AvgIpc) is 4.14. The number of ether oxygens (including phenoxy) is 1. The molecule has 2 aliphatic heterocycles. The van der Waals surface area contributed by atoms with Crippen LogP contribution in [0.3, 0.4) is 0 Å². The number of aromatic hydroxyl groups is 2. The molecular formula is C60H68N4O7. The number of phenolic OH excluding ortho intramolecular Hbond substituents is 2. The molecule has 4 heterocycles. The third-order valence-electron chi connectivity index (χ3n) is 15.9. The van der Waals surface area contributed by atoms with Crippen molar-refractivity contribution < 1.29 is 34.8 Å². The Bertz CT molecular complexity index is 2870. The molecule has 7 unspecified atom stereocenters. The molecule has 1 fully saturated rings. The molecule has 10 rings (SSSR count). The van der Waals surface area contributed by atoms with E-state index in [0.717, 1.165) is 113 Å². The normalized spacial score (nSPS) is 24.4. The van der Waals surface area contributed by atoms with Crippen LogP contribution in [0.4, 0.5) is 5.82 Å². The number of carbonyl (C=O) groups excluding carboxylic acids is 2. The fourth-order valence-corrected chi connectivity index (χ4v) is 12.0. The highest BCUT2D eigenvalue weighted by atomic mass is 16.5. The number of fused-ring (bicyclic) bond motifs is 8. The second-order valence-corrected chi connectivity index (χ2v) is 20.7. The number of aromatic amines is 2. The fraction of sp³-hybridized carbons (Fsp3) is 0.433. The van der Waals surface area contributed by atoms with Gasteiger partial charge in [-0.05, 0) is 158 Å². The summed E-state index contributed by atoms with van der Waals surface area (Å²) >= 11 is 0. The number of rotatable bonds is 10. The zero-order valence-corrected chi connectivity index (χ0v) is 40.8. The van der Waals surface area contributed by atoms with Crippen LogP contribution in [0, 0.1) is 35.5 Å². The quantitative estimate of drug-likeness (QED) is 0.0385. The van der Waals surface area contributed by atoms with Gasteiger partial charge in [-0.25, -0.2) is 0 Å². The minimum absolute atomic E-state index is 0.00763. The lowest BCUT2D eigenvalue weighted by molar-refractivity contribution is -0.135. The van der Waals surface area contributed by atoms with Crippen LogP contribution in [0.15, 0.2) is 84.7 Å². The van der Waals surface area contributed by atoms with Gasteiger partial charge in [-0.15, -0.1) is 0 Å². The number of H-pyrrole nitrogens is 2. The summed E-state index contributed by atoms with van der Waals surface area (Å²) in [7, 11) is 0. The zero-order chi connectivity index (χ0) is 49.0. The number of carbonyl (C=O) groups is 2. The van der Waals surface area contributed by atoms with Gasteiger partial charge in [0.25, 0.3) is 0 Å². The number of allylic oxidation sites excluding steroid dienone is 1. The van der Waals surface area contributed by atoms with Crippen LogP contribution < -0.4 is 15.4 Å². The topological polar surface area (TPSA) is 180 Å². The molecule has 5 aromatic rings. The number of hydrogen-bond donors (Lipinski definition) is 8. The van der Waals surface area contributed by atoms with Crippen molar-refractivity contribution in [3.05, 3.63) is 140 Å². The van der Waals surface area contributed by atoms with Crippen molar-refractivity contribution in [2.45, 2.75) is 121 Å². The number of phenols is 2. The Kier molecular flexibility index (Phi) is 14.7. The van der Waals surface area contributed by atoms with Crippen molar-refractivity contribution in [1.29, 1.82) is 0 Å². The molecule has 5 aliphatic rings. The smallest absolute Gasteiger partial charge is 0.161 e. The molecule has 0 radical (unpaired) electrons. The van der Waals surface area contributed by atoms with E-state index in [4.69, 9.17) is 4.74 Å². The molecule has 8 N–H and O–H groups in total. The monoisotopic (exact) mass is 957 g/mol. The predicted octanol–water partition coefficient (Wildman–Crippen LogP) is 9.12. The van der Waals surface area contributed by atoms with Gasteiger partial charge >= 0.3 is 0 Å². The lowest BCUT2D eigenvalue weighted by Gasteiger charge is -2.37. The standard InChI is InChI=1S/C60H68N4O7/c1-2-23-61-35-42-16-18-51-50-34-52-47(21-25-62-52)49(30-36-10-14-39-6-5-9-53(66)46(39)17-12-36)57(50)59(70)48(22-26-65)54(67)19-13-38-29-44(58(69)56(31-38)71-45-7-3-4-8-45)28-37-11-15-40(33-55(42)68)43(27-37)32-41-20-24-63-60(41)64-51/h5-6,9,11-12,15,17,20-21,24-25,27,29,31,34,36,42,45,48-49,51,55,57,61-66,68-69H,2-4,7-8,10,13-14,19,22-23,26,28,30,32-33,35H2,1H3. The molecule has 370 valence electrons. The summed E-state index contributed by atoms with van der Waals surface area (Å²) in [6.07, 6.45) is 17.9. The Balaban J connectivity index is 1.14. The second kappa shape index (κ2) is 21.6. The van der Waals surface area contributed by atoms with Crippen LogP contribution >= 0.6 is 0 Å². The number of aromatic nitrogens is 2. The Labute approximate surface area is 417 Å². The Hall–Kier alpha value is -6.32. The van der Waals surface area contributed by atoms with E-state index in [1.54, 1.807) is 6.07 Å². The summed E-state index contributed by atoms with van der Waals surface area (Å²) in [4.78, 5) is 37.9. The first-order valence-electron chi connectivity index (χ1n) is 26.1. The highest BCUT2D eigenvalue weighted by Crippen LogP contribution is 2.47. The van der Waals surface area contributed by atoms with Crippen molar-refractivity contribution >= 4 is 29.5 Å². The molecule has 0 spiro atoms. The molecule has 71 heavy (non-hydrogen) atoms. The first-order valence-corrected chi connectivity index (χ1v) is 26.1. The molecule has 1 saturated carbocycles. The maximum absolute atomic E-state index is 16.0. The van der Waals surface area contributed by atoms with Crippen molar-refractivity contribution in [3.8, 4) is 29.1 Å². The van der Waals surface area contributed by atoms with Crippen LogP contribution in [0.25, 0.3) is 12.2 Å². The largest absolute Gasteiger partial charge is 0.507 e. The first-order chi connectivity index (χ1) is 34.6. The number of aryl methyl sites for hydroxylation is 2. The maximum atomic E-state index is 16.0. The van der Waals surface area contributed by atoms with Crippen LogP contribution in [0.2, 0.25) is 0 Å². The van der Waals surface area contributed by atoms with Crippen LogP contribution in [-0.4, -0.2) is 79.9 Å². The highest BCUT2D eigenvalue weighted by molar-refractivity contribution is 6.05. The van der Waals surface area contributed by atoms with Crippen LogP contribution in [0.5, 0.6) is 17.2 Å². The van der Waals surface area contributed by atoms with Crippen molar-refractivity contribution in [2.24, 2.45) is 23.7 Å². The van der Waals surface area contributed by atoms with Crippen LogP contribution in [-0.2, 0) is 41.7 Å². The molecule has 2 aromatic heterocycles. The van der Waals surface area contributed by atoms with Gasteiger partial charge in [0, 0.05) is 73.5 Å². The molecule has 0 saturated heterocycles. The fourth-order valence-electron chi connectivity index (χ4n) is 12.0. The number of aliphatic hydroxyl groups excluding tert-OH is 2. The highest BCUT2D eigenvalue weighted by Gasteiger charge is 2.44. The van der Waals surface area contributed by atoms with E-state index in [1.807, 2.05) is 48.8 Å². The number of aliphatic hydroxyl groups is 2. The van der Waals surface area contributed by atoms with Gasteiger partial charge in [-0.3, -0.25) is 9.59 Å². The molecule has 11 nitrogen and oxygen atoms in total. The maximum Gasteiger partial charge on any atom is 0.161 e. The van der Waals surface area contributed by atoms with E-state index in [0.29, 0.717) is 50.0 Å². The third kappa shape index (κ3) is 10.5. The van der Waals surface area contributed by atoms with Gasteiger partial charge in [0.2, 0.25) is 0 Å². The average molecular weight is 957 g/mol. The number of nitrogens with one attached hydrogen (secondary N) is 4. The van der Waals surface area contributed by atoms with Gasteiger partial charge in [-0.1, -0.05) is 67.3 Å². The van der Waals surface area contributed by atoms with E-state index in [-0.39, 0.29) is 60.5 Å². The lowest BCUT2D eigenvalue weighted by atomic mass is 9.66. The molecule has 3 aromatic carbocycles. The third-order valence-corrected chi connectivity index (χ3v) is 15.9. The van der Waals surface area contributed by atoms with E-state index in [9.17, 15) is 25.2 Å². The van der Waals surface area contributed by atoms with Crippen molar-refractivity contribution in [2.75, 3.05) is 25.0 Å². The van der Waals surface area contributed by atoms with Gasteiger partial charge in [0.15, 0.2) is 17.3 Å². The van der Waals surface area contributed by atoms with Crippen molar-refractivity contribution in [1.82, 2.24) is 15.3 Å². The summed E-state index contributed by atoms with van der Waals surface area (Å²) in [5.74, 6) is 5.40. The SMILES string of the molecule is CCCNCC1C#CC2Nc3[nH]ccc3Cc3cc(ccc3CC1O)Cc1cc(cc(OC3CCCC3)c1O)CCC(=O)C(CCO)C(=O)C1C2=Cc2[nH]ccc2C1CC1C=Cc2c(O)cccc2CC1. The van der Waals surface area contributed by atoms with Gasteiger partial charge in [0.05, 0.1) is 24.0 Å². The number of anilines is 1. The van der Waals surface area contributed by atoms with Gasteiger partial charge in [-0.2, -0.15) is 0 Å². The van der Waals surface area contributed by atoms with Crippen LogP contribution in [0.1, 0.15) is 126 Å². The minimum atomic E-state index is -1.11. The number of benzene rings is 3. The Morgan fingerprint density at radius 1 is 0.845 bits per heavy atom. The number of hydrogen-bond acceptors (Lipinski definition) is 9. The van der Waals surface area contributed by atoms with E-state index in [1.165, 1.54) is 0 Å². The second-order valence-electron chi connectivity index (χ2n) is 20.7. The molecule has 7 atom stereocenters. The molecule has 3 aliphatic carbocycles. The first kappa shape index (κ1) is 48.3. The number of ketones is 2. The summed E-state index contributed by atoms with van der Waals surface area (Å²) in [5, 5.41) is 53.1. The molecule has 5 bridgehead atoms. The molecule has 11 heteroatoms. The summed E-state index contributed by atoms with van der Waals surface area (Å²) in [6.45, 7) is 2.99. The zero-order valence-electron chi connectivity index (χ0n) is 40.8. The summed E-state index contributed by atoms with van der Waals surface area (Å²) < 4.78 is 6.52. The van der Waals surface area contributed by atoms with Gasteiger partial charge in [0.1, 0.15) is 23.4 Å². The summed E-state index contributed by atoms with van der Waals surface area (Å²) in [6, 6.07) is 19.2. The number of Topliss-reactive ketones (excluding diaryl/α,β-unsaturated/α-hetero) is 2. The Morgan fingerprint density at radius 3 is 2.54 bits per heavy atom. The predicted molar refractivity (Wildman–Crippen MR) is 277 cm³/mol. The minimum Gasteiger partial charge on any atom is -0.507 e. The summed E-state index contributed by atoms with van der Waals surface area (Å²) in [5.41, 5.74) is 10.0. The Morgan fingerprint density at radius 2 is 1.69 bits per heavy atom. The van der Waals surface area contributed by atoms with E-state index >= 15 is 4.79 Å².